The van der Waals surface area contributed by atoms with Crippen LogP contribution in [0.2, 0.25) is 0 Å². The van der Waals surface area contributed by atoms with Crippen molar-refractivity contribution < 1.29 is 15.6 Å². The van der Waals surface area contributed by atoms with E-state index in [1.165, 1.54) is 0 Å². The molecule has 0 saturated carbocycles. The maximum atomic E-state index is 10.9. The number of carbonyl (C=O) groups excluding carboxylic acids is 1. The summed E-state index contributed by atoms with van der Waals surface area (Å²) in [5.74, 6) is -0.443. The average Bonchev–Trinajstić information content (AvgIpc) is 2.25. The van der Waals surface area contributed by atoms with E-state index in [4.69, 9.17) is 6.11 Å². The van der Waals surface area contributed by atoms with Crippen molar-refractivity contribution >= 4 is 5.97 Å². The third kappa shape index (κ3) is 3.71. The van der Waals surface area contributed by atoms with Gasteiger partial charge in [-0.05, 0) is 5.56 Å². The second kappa shape index (κ2) is 5.32. The molecule has 0 N–H and O–H groups in total. The largest absolute Gasteiger partial charge is 0.459 e. The van der Waals surface area contributed by atoms with Crippen molar-refractivity contribution in [1.29, 1.82) is 0 Å². The lowest BCUT2D eigenvalue weighted by Crippen LogP contribution is -2.10. The van der Waals surface area contributed by atoms with Crippen LogP contribution in [0.4, 0.5) is 0 Å². The molecule has 3 heteroatoms. The van der Waals surface area contributed by atoms with Crippen molar-refractivity contribution in [3.63, 3.8) is 0 Å². The molecule has 0 fully saturated rings. The van der Waals surface area contributed by atoms with E-state index in [-0.39, 0.29) is 20.3 Å². The topological polar surface area (TPSA) is 35.5 Å². The van der Waals surface area contributed by atoms with Gasteiger partial charge in [0.05, 0.1) is 1.37 Å². The number of ether oxygens (including phenoxy) is 2. The Bertz CT molecular complexity index is 274. The van der Waals surface area contributed by atoms with Crippen LogP contribution in [-0.4, -0.2) is 19.7 Å². The van der Waals surface area contributed by atoms with Crippen molar-refractivity contribution in [2.24, 2.45) is 0 Å². The summed E-state index contributed by atoms with van der Waals surface area (Å²) in [6.07, 6.45) is 0. The van der Waals surface area contributed by atoms with E-state index in [1.54, 1.807) is 0 Å². The number of esters is 1. The molecular formula is C10H12O3. The third-order valence-electron chi connectivity index (χ3n) is 1.46. The molecule has 0 radical (unpaired) electrons. The van der Waals surface area contributed by atoms with Gasteiger partial charge in [0, 0.05) is 7.09 Å². The molecule has 0 amide bonds. The molecule has 1 aromatic carbocycles. The number of benzene rings is 1. The van der Waals surface area contributed by atoms with Crippen LogP contribution < -0.4 is 0 Å². The second-order valence-electron chi connectivity index (χ2n) is 2.49. The van der Waals surface area contributed by atoms with Crippen LogP contribution >= 0.6 is 0 Å². The molecule has 0 aliphatic rings. The first-order chi connectivity index (χ1) is 6.83. The van der Waals surface area contributed by atoms with Gasteiger partial charge >= 0.3 is 5.97 Å². The highest BCUT2D eigenvalue weighted by molar-refractivity contribution is 5.70. The fourth-order valence-corrected chi connectivity index (χ4v) is 0.863. The molecule has 3 nitrogen and oxygen atoms in total. The Morgan fingerprint density at radius 1 is 1.46 bits per heavy atom. The predicted molar refractivity (Wildman–Crippen MR) is 48.1 cm³/mol. The molecule has 0 aromatic heterocycles. The number of hydrogen-bond acceptors (Lipinski definition) is 3. The summed E-state index contributed by atoms with van der Waals surface area (Å²) in [6, 6.07) is 9.40. The molecule has 1 rings (SSSR count). The molecule has 0 bridgehead atoms. The molecule has 0 aliphatic carbocycles. The van der Waals surface area contributed by atoms with Crippen LogP contribution in [0.1, 0.15) is 6.93 Å². The normalized spacial score (nSPS) is 10.6. The third-order valence-corrected chi connectivity index (χ3v) is 1.46. The molecular weight excluding hydrogens is 168 g/mol. The van der Waals surface area contributed by atoms with E-state index in [1.807, 2.05) is 30.3 Å². The first-order valence-electron chi connectivity index (χ1n) is 4.60. The van der Waals surface area contributed by atoms with Gasteiger partial charge in [-0.25, -0.2) is 4.79 Å². The minimum Gasteiger partial charge on any atom is -0.459 e. The zero-order valence-corrected chi connectivity index (χ0v) is 7.23. The van der Waals surface area contributed by atoms with E-state index in [2.05, 4.69) is 4.74 Å². The van der Waals surface area contributed by atoms with E-state index in [0.29, 0.717) is 0 Å². The predicted octanol–water partition coefficient (Wildman–Crippen LogP) is 1.38. The van der Waals surface area contributed by atoms with Crippen molar-refractivity contribution in [3.8, 4) is 0 Å². The minimum atomic E-state index is -0.443. The first-order valence-corrected chi connectivity index (χ1v) is 3.89. The average molecular weight is 181 g/mol. The number of rotatable bonds is 4. The van der Waals surface area contributed by atoms with Crippen LogP contribution in [0.15, 0.2) is 30.3 Å². The summed E-state index contributed by atoms with van der Waals surface area (Å²) in [4.78, 5) is 10.9. The Hall–Kier alpha value is -1.35. The summed E-state index contributed by atoms with van der Waals surface area (Å²) < 4.78 is 16.1. The van der Waals surface area contributed by atoms with Crippen molar-refractivity contribution in [2.45, 2.75) is 6.61 Å². The Balaban J connectivity index is 2.24. The van der Waals surface area contributed by atoms with Crippen LogP contribution in [0.5, 0.6) is 0 Å². The molecule has 0 unspecified atom stereocenters. The van der Waals surface area contributed by atoms with Crippen molar-refractivity contribution in [3.05, 3.63) is 35.9 Å². The quantitative estimate of drug-likeness (QED) is 0.658. The number of hydrogen-bond donors (Lipinski definition) is 0. The first kappa shape index (κ1) is 8.26. The van der Waals surface area contributed by atoms with Crippen molar-refractivity contribution in [2.75, 3.05) is 13.7 Å². The molecule has 0 aliphatic heterocycles. The van der Waals surface area contributed by atoms with Crippen LogP contribution in [0.25, 0.3) is 0 Å². The van der Waals surface area contributed by atoms with Crippen molar-refractivity contribution in [1.82, 2.24) is 0 Å². The van der Waals surface area contributed by atoms with E-state index in [0.717, 1.165) is 5.56 Å². The summed E-state index contributed by atoms with van der Waals surface area (Å²) in [5.41, 5.74) is 0.937. The van der Waals surface area contributed by atoms with E-state index < -0.39 is 5.97 Å². The standard InChI is InChI=1S/C10H12O3/c1-12-8-10(11)13-7-9-5-3-2-4-6-9/h2-6H,7-8H2,1H3/i1D. The summed E-state index contributed by atoms with van der Waals surface area (Å²) >= 11 is 0. The van der Waals surface area contributed by atoms with Crippen LogP contribution in [0, 0.1) is 0 Å². The van der Waals surface area contributed by atoms with Gasteiger partial charge in [-0.15, -0.1) is 0 Å². The molecule has 13 heavy (non-hydrogen) atoms. The van der Waals surface area contributed by atoms with Gasteiger partial charge < -0.3 is 9.47 Å². The van der Waals surface area contributed by atoms with Crippen LogP contribution in [-0.2, 0) is 20.9 Å². The molecule has 0 atom stereocenters. The van der Waals surface area contributed by atoms with Gasteiger partial charge in [-0.2, -0.15) is 0 Å². The molecule has 0 spiro atoms. The lowest BCUT2D eigenvalue weighted by molar-refractivity contribution is -0.149. The Morgan fingerprint density at radius 3 is 2.92 bits per heavy atom. The van der Waals surface area contributed by atoms with E-state index in [9.17, 15) is 4.79 Å². The van der Waals surface area contributed by atoms with Gasteiger partial charge in [0.2, 0.25) is 0 Å². The fraction of sp³-hybridized carbons (Fsp3) is 0.300. The fourth-order valence-electron chi connectivity index (χ4n) is 0.863. The smallest absolute Gasteiger partial charge is 0.332 e. The summed E-state index contributed by atoms with van der Waals surface area (Å²) in [6.45, 7) is 0.0946. The van der Waals surface area contributed by atoms with Gasteiger partial charge in [0.25, 0.3) is 0 Å². The highest BCUT2D eigenvalue weighted by Crippen LogP contribution is 2.00. The lowest BCUT2D eigenvalue weighted by Gasteiger charge is -2.03. The zero-order valence-electron chi connectivity index (χ0n) is 8.23. The maximum absolute atomic E-state index is 10.9. The highest BCUT2D eigenvalue weighted by Gasteiger charge is 2.00. The highest BCUT2D eigenvalue weighted by atomic mass is 16.6. The summed E-state index contributed by atoms with van der Waals surface area (Å²) in [7, 11) is -0.222. The lowest BCUT2D eigenvalue weighted by atomic mass is 10.2. The maximum Gasteiger partial charge on any atom is 0.332 e. The Kier molecular flexibility index (Phi) is 3.38. The number of methoxy groups -OCH3 is 1. The van der Waals surface area contributed by atoms with Crippen LogP contribution in [0.3, 0.4) is 0 Å². The second-order valence-corrected chi connectivity index (χ2v) is 2.49. The Labute approximate surface area is 78.7 Å². The monoisotopic (exact) mass is 181 g/mol. The molecule has 0 saturated heterocycles. The molecule has 0 heterocycles. The molecule has 1 aromatic rings. The van der Waals surface area contributed by atoms with Gasteiger partial charge in [-0.1, -0.05) is 30.3 Å². The van der Waals surface area contributed by atoms with Gasteiger partial charge in [-0.3, -0.25) is 0 Å². The molecule has 70 valence electrons. The zero-order chi connectivity index (χ0) is 10.2. The Morgan fingerprint density at radius 2 is 2.23 bits per heavy atom. The SMILES string of the molecule is [2H]COCC(=O)OCc1ccccc1. The van der Waals surface area contributed by atoms with E-state index >= 15 is 0 Å². The minimum absolute atomic E-state index is 0.156. The van der Waals surface area contributed by atoms with Gasteiger partial charge in [0.1, 0.15) is 13.2 Å². The number of carbonyl (C=O) groups is 1. The summed E-state index contributed by atoms with van der Waals surface area (Å²) in [5, 5.41) is 0. The van der Waals surface area contributed by atoms with Gasteiger partial charge in [0.15, 0.2) is 0 Å².